The van der Waals surface area contributed by atoms with Gasteiger partial charge < -0.3 is 9.80 Å². The summed E-state index contributed by atoms with van der Waals surface area (Å²) in [6, 6.07) is 31.5. The van der Waals surface area contributed by atoms with Crippen molar-refractivity contribution < 1.29 is 18.0 Å². The van der Waals surface area contributed by atoms with Crippen LogP contribution in [0.3, 0.4) is 0 Å². The molecule has 0 aromatic heterocycles. The molecule has 0 saturated heterocycles. The van der Waals surface area contributed by atoms with Crippen LogP contribution in [0.5, 0.6) is 0 Å². The number of rotatable bonds is 21. The third-order valence-corrected chi connectivity index (χ3v) is 16.5. The predicted octanol–water partition coefficient (Wildman–Crippen LogP) is 12.1. The summed E-state index contributed by atoms with van der Waals surface area (Å²) >= 11 is 1.61. The number of carbonyl (C=O) groups is 2. The van der Waals surface area contributed by atoms with Gasteiger partial charge in [-0.15, -0.1) is 0 Å². The summed E-state index contributed by atoms with van der Waals surface area (Å²) in [6.45, 7) is 19.9. The Morgan fingerprint density at radius 3 is 1.49 bits per heavy atom. The van der Waals surface area contributed by atoms with Crippen LogP contribution in [0.1, 0.15) is 118 Å². The fourth-order valence-electron chi connectivity index (χ4n) is 10.0. The number of unbranched alkanes of at least 4 members (excludes halogenated alkanes) is 5. The summed E-state index contributed by atoms with van der Waals surface area (Å²) < 4.78 is 31.6. The van der Waals surface area contributed by atoms with E-state index in [4.69, 9.17) is 5.10 Å². The Labute approximate surface area is 431 Å². The first kappa shape index (κ1) is 52.3. The lowest BCUT2D eigenvalue weighted by Crippen LogP contribution is -2.28. The second kappa shape index (κ2) is 22.4. The van der Waals surface area contributed by atoms with Gasteiger partial charge in [0.15, 0.2) is 0 Å². The number of allylic oxidation sites excluding steroid dienone is 6. The Morgan fingerprint density at radius 1 is 0.569 bits per heavy atom. The van der Waals surface area contributed by atoms with Crippen molar-refractivity contribution in [3.8, 4) is 0 Å². The molecule has 0 bridgehead atoms. The van der Waals surface area contributed by atoms with Gasteiger partial charge in [-0.3, -0.25) is 14.3 Å². The van der Waals surface area contributed by atoms with Crippen LogP contribution in [0, 0.1) is 0 Å². The minimum atomic E-state index is -3.65. The van der Waals surface area contributed by atoms with Gasteiger partial charge >= 0.3 is 0 Å². The Balaban J connectivity index is 0.920. The van der Waals surface area contributed by atoms with Crippen molar-refractivity contribution in [1.82, 2.24) is 9.44 Å². The third-order valence-electron chi connectivity index (χ3n) is 14.2. The number of fused-ring (bicyclic) bond motifs is 2. The maximum Gasteiger partial charge on any atom is 0.280 e. The van der Waals surface area contributed by atoms with Gasteiger partial charge in [0.05, 0.1) is 38.8 Å². The Morgan fingerprint density at radius 2 is 1.01 bits per heavy atom. The minimum Gasteiger partial charge on any atom is -0.344 e. The molecule has 4 aliphatic heterocycles. The maximum absolute atomic E-state index is 13.9. The number of nitrogens with one attached hydrogen (secondary N) is 2. The molecule has 0 unspecified atom stereocenters. The molecule has 12 nitrogen and oxygen atoms in total. The highest BCUT2D eigenvalue weighted by Gasteiger charge is 2.41. The number of sulfonamides is 1. The van der Waals surface area contributed by atoms with E-state index in [2.05, 4.69) is 120 Å². The Kier molecular flexibility index (Phi) is 16.2. The van der Waals surface area contributed by atoms with E-state index in [0.717, 1.165) is 93.0 Å². The molecule has 0 spiro atoms. The van der Waals surface area contributed by atoms with Crippen molar-refractivity contribution in [3.05, 3.63) is 155 Å². The van der Waals surface area contributed by atoms with Gasteiger partial charge in [0.1, 0.15) is 0 Å². The fraction of sp³-hybridized carbons (Fsp3) is 0.379. The van der Waals surface area contributed by atoms with Crippen LogP contribution in [-0.4, -0.2) is 57.8 Å². The van der Waals surface area contributed by atoms with E-state index in [1.54, 1.807) is 24.1 Å². The lowest BCUT2D eigenvalue weighted by molar-refractivity contribution is -0.115. The molecule has 8 rings (SSSR count). The summed E-state index contributed by atoms with van der Waals surface area (Å²) in [5.41, 5.74) is 10.3. The summed E-state index contributed by atoms with van der Waals surface area (Å²) in [6.07, 6.45) is 16.1. The van der Waals surface area contributed by atoms with Crippen LogP contribution in [0.15, 0.2) is 164 Å². The van der Waals surface area contributed by atoms with Crippen molar-refractivity contribution >= 4 is 68.0 Å². The second-order valence-corrected chi connectivity index (χ2v) is 22.7. The molecule has 0 aliphatic carbocycles. The average molecular weight is 1010 g/mol. The highest BCUT2D eigenvalue weighted by atomic mass is 32.2. The van der Waals surface area contributed by atoms with Gasteiger partial charge in [-0.05, 0) is 148 Å². The van der Waals surface area contributed by atoms with Crippen molar-refractivity contribution in [2.24, 2.45) is 10.2 Å². The number of hydrazone groups is 2. The molecule has 14 heteroatoms. The van der Waals surface area contributed by atoms with Gasteiger partial charge in [0.25, 0.3) is 11.8 Å². The van der Waals surface area contributed by atoms with E-state index < -0.39 is 10.0 Å². The molecule has 0 atom stereocenters. The highest BCUT2D eigenvalue weighted by Crippen LogP contribution is 2.49. The molecule has 378 valence electrons. The number of benzene rings is 4. The first-order valence-corrected chi connectivity index (χ1v) is 27.9. The van der Waals surface area contributed by atoms with Gasteiger partial charge in [-0.2, -0.15) is 20.2 Å². The van der Waals surface area contributed by atoms with E-state index in [1.165, 1.54) is 44.7 Å². The predicted molar refractivity (Wildman–Crippen MR) is 297 cm³/mol. The molecular formula is C58H70N8O4S2. The highest BCUT2D eigenvalue weighted by molar-refractivity contribution is 7.97. The summed E-state index contributed by atoms with van der Waals surface area (Å²) in [7, 11) is -3.65. The Bertz CT molecular complexity index is 2970. The normalized spacial score (nSPS) is 19.4. The quantitative estimate of drug-likeness (QED) is 0.0479. The fourth-order valence-corrected chi connectivity index (χ4v) is 11.8. The number of carbonyl (C=O) groups excluding carboxylic acids is 2. The summed E-state index contributed by atoms with van der Waals surface area (Å²) in [5.74, 6) is -0.387. The number of hydrogen-bond acceptors (Lipinski definition) is 10. The number of anilines is 4. The molecule has 4 aromatic rings. The minimum absolute atomic E-state index is 0.127. The molecule has 4 aromatic carbocycles. The van der Waals surface area contributed by atoms with Gasteiger partial charge in [-0.1, -0.05) is 104 Å². The zero-order chi connectivity index (χ0) is 51.2. The topological polar surface area (TPSA) is 130 Å². The van der Waals surface area contributed by atoms with E-state index in [0.29, 0.717) is 34.8 Å². The van der Waals surface area contributed by atoms with Crippen LogP contribution in [-0.2, 0) is 30.4 Å². The number of amides is 2. The average Bonchev–Trinajstić information content (AvgIpc) is 3.98. The lowest BCUT2D eigenvalue weighted by atomic mass is 9.83. The smallest absolute Gasteiger partial charge is 0.280 e. The monoisotopic (exact) mass is 1010 g/mol. The van der Waals surface area contributed by atoms with E-state index in [1.807, 2.05) is 57.2 Å². The van der Waals surface area contributed by atoms with Gasteiger partial charge in [0, 0.05) is 64.7 Å². The second-order valence-electron chi connectivity index (χ2n) is 20.0. The van der Waals surface area contributed by atoms with Crippen molar-refractivity contribution in [2.45, 2.75) is 127 Å². The molecule has 2 N–H and O–H groups in total. The zero-order valence-corrected chi connectivity index (χ0v) is 44.8. The molecule has 4 aliphatic rings. The van der Waals surface area contributed by atoms with Crippen molar-refractivity contribution in [3.63, 3.8) is 0 Å². The van der Waals surface area contributed by atoms with Crippen LogP contribution < -0.4 is 29.3 Å². The van der Waals surface area contributed by atoms with E-state index in [-0.39, 0.29) is 27.5 Å². The van der Waals surface area contributed by atoms with Crippen LogP contribution in [0.25, 0.3) is 0 Å². The van der Waals surface area contributed by atoms with Gasteiger partial charge in [-0.25, -0.2) is 13.1 Å². The third kappa shape index (κ3) is 10.8. The van der Waals surface area contributed by atoms with Gasteiger partial charge in [0.2, 0.25) is 10.0 Å². The maximum atomic E-state index is 13.9. The van der Waals surface area contributed by atoms with Crippen LogP contribution >= 0.6 is 11.9 Å². The molecule has 0 fully saturated rings. The zero-order valence-electron chi connectivity index (χ0n) is 43.2. The molecule has 0 saturated carbocycles. The molecular weight excluding hydrogens is 937 g/mol. The number of para-hydroxylation sites is 2. The van der Waals surface area contributed by atoms with E-state index in [9.17, 15) is 18.0 Å². The lowest BCUT2D eigenvalue weighted by Gasteiger charge is -2.28. The molecule has 4 heterocycles. The number of nitrogens with zero attached hydrogens (tertiary/aromatic N) is 6. The SMILES string of the molecule is CCCCNSc1ccc(N2N=C(C)/C(=C/C=C3/N(CCCCCCN4/C(=C/C=C5\C(=O)N(c6ccc(S(=O)(=O)NCCCC)cc6)N=C5C)C(C)(C)c5ccccc54)c4ccccc4C3(C)C)C2=O)cc1. The number of hydrogen-bond donors (Lipinski definition) is 2. The molecule has 72 heavy (non-hydrogen) atoms. The standard InChI is InChI=1S/C58H70N8O4S2/c1-9-11-37-59-71-45-29-25-43(26-30-45)65-55(67)47(41(3)61-65)33-35-53-57(5,6)49-21-15-17-23-51(49)63(53)39-19-13-14-20-40-64-52-24-18-16-22-50(52)58(7,8)54(64)36-34-48-42(4)62-66(56(48)68)44-27-31-46(32-28-44)72(69,70)60-38-12-10-2/h15-18,21-36,59-60H,9-14,19-20,37-40H2,1-8H3/b47-33-,48-34-,53-35+,54-36+. The summed E-state index contributed by atoms with van der Waals surface area (Å²) in [5, 5.41) is 12.1. The van der Waals surface area contributed by atoms with Crippen LogP contribution in [0.4, 0.5) is 22.7 Å². The first-order chi connectivity index (χ1) is 34.6. The van der Waals surface area contributed by atoms with Crippen molar-refractivity contribution in [1.29, 1.82) is 0 Å². The van der Waals surface area contributed by atoms with E-state index >= 15 is 0 Å². The molecule has 2 amide bonds. The van der Waals surface area contributed by atoms with Crippen LogP contribution in [0.2, 0.25) is 0 Å². The van der Waals surface area contributed by atoms with Crippen molar-refractivity contribution in [2.75, 3.05) is 46.0 Å². The summed E-state index contributed by atoms with van der Waals surface area (Å²) in [4.78, 5) is 33.9. The Hall–Kier alpha value is -6.06. The molecule has 0 radical (unpaired) electrons. The first-order valence-electron chi connectivity index (χ1n) is 25.6. The largest absolute Gasteiger partial charge is 0.344 e.